The van der Waals surface area contributed by atoms with E-state index in [0.29, 0.717) is 6.42 Å². The van der Waals surface area contributed by atoms with E-state index in [9.17, 15) is 9.59 Å². The zero-order chi connectivity index (χ0) is 14.5. The fourth-order valence-corrected chi connectivity index (χ4v) is 1.95. The van der Waals surface area contributed by atoms with Crippen LogP contribution in [0.25, 0.3) is 0 Å². The SMILES string of the molecule is CCCCCCCCCC/C=C(/CC(=O)O)C(=O)O. The van der Waals surface area contributed by atoms with E-state index < -0.39 is 18.4 Å². The number of carboxylic acids is 2. The van der Waals surface area contributed by atoms with Crippen molar-refractivity contribution < 1.29 is 19.8 Å². The Bertz CT molecular complexity index is 295. The van der Waals surface area contributed by atoms with Crippen LogP contribution < -0.4 is 0 Å². The van der Waals surface area contributed by atoms with Crippen molar-refractivity contribution in [1.82, 2.24) is 0 Å². The average molecular weight is 270 g/mol. The first-order valence-electron chi connectivity index (χ1n) is 7.22. The minimum atomic E-state index is -1.12. The molecular formula is C15H26O4. The van der Waals surface area contributed by atoms with Crippen molar-refractivity contribution in [2.24, 2.45) is 0 Å². The van der Waals surface area contributed by atoms with E-state index in [1.54, 1.807) is 6.08 Å². The summed E-state index contributed by atoms with van der Waals surface area (Å²) in [4.78, 5) is 21.2. The highest BCUT2D eigenvalue weighted by atomic mass is 16.4. The Morgan fingerprint density at radius 3 is 1.89 bits per heavy atom. The number of allylic oxidation sites excluding steroid dienone is 1. The highest BCUT2D eigenvalue weighted by Gasteiger charge is 2.10. The van der Waals surface area contributed by atoms with E-state index in [1.165, 1.54) is 38.5 Å². The van der Waals surface area contributed by atoms with Gasteiger partial charge < -0.3 is 10.2 Å². The summed E-state index contributed by atoms with van der Waals surface area (Å²) < 4.78 is 0. The van der Waals surface area contributed by atoms with Crippen molar-refractivity contribution in [3.8, 4) is 0 Å². The van der Waals surface area contributed by atoms with E-state index in [4.69, 9.17) is 10.2 Å². The molecule has 0 saturated carbocycles. The zero-order valence-corrected chi connectivity index (χ0v) is 11.9. The van der Waals surface area contributed by atoms with Crippen LogP contribution in [0, 0.1) is 0 Å². The lowest BCUT2D eigenvalue weighted by atomic mass is 10.1. The monoisotopic (exact) mass is 270 g/mol. The highest BCUT2D eigenvalue weighted by molar-refractivity contribution is 5.91. The molecule has 0 amide bonds. The fourth-order valence-electron chi connectivity index (χ4n) is 1.95. The Balaban J connectivity index is 3.63. The van der Waals surface area contributed by atoms with Crippen LogP contribution in [0.1, 0.15) is 71.1 Å². The molecule has 0 heterocycles. The van der Waals surface area contributed by atoms with Crippen molar-refractivity contribution in [2.75, 3.05) is 0 Å². The lowest BCUT2D eigenvalue weighted by Crippen LogP contribution is -2.06. The lowest BCUT2D eigenvalue weighted by molar-refractivity contribution is -0.139. The third kappa shape index (κ3) is 11.5. The van der Waals surface area contributed by atoms with Crippen molar-refractivity contribution in [3.63, 3.8) is 0 Å². The van der Waals surface area contributed by atoms with Gasteiger partial charge in [-0.25, -0.2) is 4.79 Å². The first-order valence-corrected chi connectivity index (χ1v) is 7.22. The molecule has 0 radical (unpaired) electrons. The van der Waals surface area contributed by atoms with Gasteiger partial charge in [-0.3, -0.25) is 4.79 Å². The Morgan fingerprint density at radius 1 is 0.895 bits per heavy atom. The van der Waals surface area contributed by atoms with Crippen LogP contribution in [0.3, 0.4) is 0 Å². The second-order valence-corrected chi connectivity index (χ2v) is 4.87. The molecule has 0 aliphatic carbocycles. The van der Waals surface area contributed by atoms with Crippen LogP contribution in [0.15, 0.2) is 11.6 Å². The number of rotatable bonds is 12. The maximum Gasteiger partial charge on any atom is 0.331 e. The van der Waals surface area contributed by atoms with E-state index >= 15 is 0 Å². The fraction of sp³-hybridized carbons (Fsp3) is 0.733. The molecule has 110 valence electrons. The molecule has 0 aromatic carbocycles. The predicted octanol–water partition coefficient (Wildman–Crippen LogP) is 4.00. The second kappa shape index (κ2) is 11.8. The molecule has 0 aliphatic heterocycles. The molecule has 0 aromatic rings. The Kier molecular flexibility index (Phi) is 10.9. The summed E-state index contributed by atoms with van der Waals surface area (Å²) in [6.07, 6.45) is 11.4. The molecule has 0 saturated heterocycles. The summed E-state index contributed by atoms with van der Waals surface area (Å²) in [6, 6.07) is 0. The number of carboxylic acid groups (broad SMARTS) is 2. The molecule has 0 fully saturated rings. The zero-order valence-electron chi connectivity index (χ0n) is 11.9. The number of carbonyl (C=O) groups is 2. The summed E-state index contributed by atoms with van der Waals surface area (Å²) in [5.41, 5.74) is -0.00422. The molecule has 0 aliphatic rings. The van der Waals surface area contributed by atoms with E-state index in [-0.39, 0.29) is 5.57 Å². The molecule has 19 heavy (non-hydrogen) atoms. The molecule has 0 spiro atoms. The molecule has 0 unspecified atom stereocenters. The second-order valence-electron chi connectivity index (χ2n) is 4.87. The van der Waals surface area contributed by atoms with E-state index in [0.717, 1.165) is 12.8 Å². The van der Waals surface area contributed by atoms with Gasteiger partial charge in [-0.2, -0.15) is 0 Å². The third-order valence-electron chi connectivity index (χ3n) is 3.06. The Morgan fingerprint density at radius 2 is 1.42 bits per heavy atom. The van der Waals surface area contributed by atoms with Crippen molar-refractivity contribution >= 4 is 11.9 Å². The van der Waals surface area contributed by atoms with Gasteiger partial charge in [0.2, 0.25) is 0 Å². The Hall–Kier alpha value is -1.32. The van der Waals surface area contributed by atoms with Crippen LogP contribution in [-0.4, -0.2) is 22.2 Å². The van der Waals surface area contributed by atoms with Gasteiger partial charge in [0.25, 0.3) is 0 Å². The smallest absolute Gasteiger partial charge is 0.331 e. The number of aliphatic carboxylic acids is 2. The standard InChI is InChI=1S/C15H26O4/c1-2-3-4-5-6-7-8-9-10-11-13(15(18)19)12-14(16)17/h11H,2-10,12H2,1H3,(H,16,17)(H,18,19)/b13-11-. The molecule has 2 N–H and O–H groups in total. The van der Waals surface area contributed by atoms with E-state index in [2.05, 4.69) is 6.92 Å². The predicted molar refractivity (Wildman–Crippen MR) is 75.2 cm³/mol. The van der Waals surface area contributed by atoms with Crippen molar-refractivity contribution in [2.45, 2.75) is 71.1 Å². The van der Waals surface area contributed by atoms with Crippen LogP contribution in [0.5, 0.6) is 0 Å². The number of hydrogen-bond donors (Lipinski definition) is 2. The van der Waals surface area contributed by atoms with Crippen LogP contribution in [0.2, 0.25) is 0 Å². The first kappa shape index (κ1) is 17.7. The quantitative estimate of drug-likeness (QED) is 0.415. The van der Waals surface area contributed by atoms with Gasteiger partial charge in [-0.15, -0.1) is 0 Å². The van der Waals surface area contributed by atoms with Gasteiger partial charge in [0, 0.05) is 5.57 Å². The van der Waals surface area contributed by atoms with Crippen molar-refractivity contribution in [3.05, 3.63) is 11.6 Å². The van der Waals surface area contributed by atoms with Crippen LogP contribution in [-0.2, 0) is 9.59 Å². The van der Waals surface area contributed by atoms with Gasteiger partial charge >= 0.3 is 11.9 Å². The number of unbranched alkanes of at least 4 members (excludes halogenated alkanes) is 8. The minimum Gasteiger partial charge on any atom is -0.481 e. The van der Waals surface area contributed by atoms with Crippen LogP contribution in [0.4, 0.5) is 0 Å². The minimum absolute atomic E-state index is 0.00422. The maximum absolute atomic E-state index is 10.8. The largest absolute Gasteiger partial charge is 0.481 e. The van der Waals surface area contributed by atoms with Gasteiger partial charge in [-0.05, 0) is 12.8 Å². The molecule has 4 heteroatoms. The molecule has 4 nitrogen and oxygen atoms in total. The molecule has 0 rings (SSSR count). The normalized spacial score (nSPS) is 11.5. The molecule has 0 bridgehead atoms. The average Bonchev–Trinajstić information content (AvgIpc) is 2.34. The van der Waals surface area contributed by atoms with Crippen molar-refractivity contribution in [1.29, 1.82) is 0 Å². The lowest BCUT2D eigenvalue weighted by Gasteiger charge is -2.01. The highest BCUT2D eigenvalue weighted by Crippen LogP contribution is 2.11. The molecule has 0 aromatic heterocycles. The summed E-state index contributed by atoms with van der Waals surface area (Å²) in [5, 5.41) is 17.4. The number of hydrogen-bond acceptors (Lipinski definition) is 2. The maximum atomic E-state index is 10.8. The molecular weight excluding hydrogens is 244 g/mol. The Labute approximate surface area is 115 Å². The third-order valence-corrected chi connectivity index (χ3v) is 3.06. The summed E-state index contributed by atoms with van der Waals surface area (Å²) in [7, 11) is 0. The van der Waals surface area contributed by atoms with Gasteiger partial charge in [0.05, 0.1) is 6.42 Å². The topological polar surface area (TPSA) is 74.6 Å². The van der Waals surface area contributed by atoms with Gasteiger partial charge in [0.15, 0.2) is 0 Å². The summed E-state index contributed by atoms with van der Waals surface area (Å²) in [6.45, 7) is 2.20. The summed E-state index contributed by atoms with van der Waals surface area (Å²) >= 11 is 0. The molecule has 0 atom stereocenters. The van der Waals surface area contributed by atoms with E-state index in [1.807, 2.05) is 0 Å². The summed E-state index contributed by atoms with van der Waals surface area (Å²) in [5.74, 6) is -2.22. The van der Waals surface area contributed by atoms with Gasteiger partial charge in [-0.1, -0.05) is 57.9 Å². The van der Waals surface area contributed by atoms with Crippen LogP contribution >= 0.6 is 0 Å². The van der Waals surface area contributed by atoms with Gasteiger partial charge in [0.1, 0.15) is 0 Å². The first-order chi connectivity index (χ1) is 9.07.